The zero-order chi connectivity index (χ0) is 16.2. The zero-order valence-electron chi connectivity index (χ0n) is 14.0. The van der Waals surface area contributed by atoms with Gasteiger partial charge in [-0.05, 0) is 23.0 Å². The van der Waals surface area contributed by atoms with Gasteiger partial charge in [-0.25, -0.2) is 0 Å². The summed E-state index contributed by atoms with van der Waals surface area (Å²) < 4.78 is 0. The molecule has 0 fully saturated rings. The van der Waals surface area contributed by atoms with Crippen LogP contribution in [0.4, 0.5) is 0 Å². The molecule has 0 spiro atoms. The summed E-state index contributed by atoms with van der Waals surface area (Å²) >= 11 is 0. The third kappa shape index (κ3) is 4.07. The molecule has 2 aromatic rings. The minimum absolute atomic E-state index is 0.218. The molecule has 0 aliphatic carbocycles. The third-order valence-corrected chi connectivity index (χ3v) is 4.40. The fraction of sp³-hybridized carbons (Fsp3) is 0.381. The quantitative estimate of drug-likeness (QED) is 0.703. The first-order valence-electron chi connectivity index (χ1n) is 8.03. The van der Waals surface area contributed by atoms with Gasteiger partial charge in [-0.2, -0.15) is 0 Å². The lowest BCUT2D eigenvalue weighted by Gasteiger charge is -2.27. The molecule has 2 aromatic carbocycles. The highest BCUT2D eigenvalue weighted by Crippen LogP contribution is 2.37. The Morgan fingerprint density at radius 2 is 1.32 bits per heavy atom. The van der Waals surface area contributed by atoms with Crippen molar-refractivity contribution in [2.45, 2.75) is 46.0 Å². The first kappa shape index (κ1) is 16.5. The Hall–Kier alpha value is -1.89. The largest absolute Gasteiger partial charge is 0.299 e. The lowest BCUT2D eigenvalue weighted by atomic mass is 9.76. The van der Waals surface area contributed by atoms with Crippen molar-refractivity contribution in [3.05, 3.63) is 71.8 Å². The van der Waals surface area contributed by atoms with Crippen LogP contribution in [0.2, 0.25) is 0 Å². The van der Waals surface area contributed by atoms with Gasteiger partial charge in [-0.3, -0.25) is 4.79 Å². The van der Waals surface area contributed by atoms with Gasteiger partial charge in [0, 0.05) is 11.8 Å². The second-order valence-corrected chi connectivity index (χ2v) is 7.09. The van der Waals surface area contributed by atoms with Crippen LogP contribution < -0.4 is 0 Å². The Bertz CT molecular complexity index is 593. The first-order chi connectivity index (χ1) is 10.4. The maximum Gasteiger partial charge on any atom is 0.138 e. The van der Waals surface area contributed by atoms with Crippen molar-refractivity contribution >= 4 is 5.78 Å². The van der Waals surface area contributed by atoms with Gasteiger partial charge in [0.25, 0.3) is 0 Å². The van der Waals surface area contributed by atoms with Gasteiger partial charge in [-0.15, -0.1) is 0 Å². The molecule has 0 saturated carbocycles. The fourth-order valence-corrected chi connectivity index (χ4v) is 2.78. The van der Waals surface area contributed by atoms with E-state index in [0.717, 1.165) is 0 Å². The Kier molecular flexibility index (Phi) is 5.18. The van der Waals surface area contributed by atoms with Gasteiger partial charge in [0.2, 0.25) is 0 Å². The number of benzene rings is 2. The van der Waals surface area contributed by atoms with Crippen molar-refractivity contribution in [2.75, 3.05) is 0 Å². The molecule has 0 aromatic heterocycles. The Morgan fingerprint density at radius 1 is 0.864 bits per heavy atom. The number of Topliss-reactive ketones (excluding diaryl/α,β-unsaturated/α-hetero) is 1. The van der Waals surface area contributed by atoms with Crippen molar-refractivity contribution in [3.63, 3.8) is 0 Å². The molecule has 0 unspecified atom stereocenters. The van der Waals surface area contributed by atoms with Crippen LogP contribution in [0.1, 0.15) is 57.1 Å². The molecule has 0 radical (unpaired) electrons. The van der Waals surface area contributed by atoms with Gasteiger partial charge >= 0.3 is 0 Å². The van der Waals surface area contributed by atoms with Crippen LogP contribution in [0.5, 0.6) is 0 Å². The van der Waals surface area contributed by atoms with E-state index in [1.807, 2.05) is 32.9 Å². The first-order valence-corrected chi connectivity index (χ1v) is 8.03. The van der Waals surface area contributed by atoms with E-state index < -0.39 is 0 Å². The van der Waals surface area contributed by atoms with Crippen LogP contribution in [-0.4, -0.2) is 5.78 Å². The second kappa shape index (κ2) is 6.91. The van der Waals surface area contributed by atoms with E-state index >= 15 is 0 Å². The average molecular weight is 294 g/mol. The molecule has 1 nitrogen and oxygen atoms in total. The van der Waals surface area contributed by atoms with Gasteiger partial charge in [-0.1, -0.05) is 88.4 Å². The van der Waals surface area contributed by atoms with Crippen LogP contribution in [0.15, 0.2) is 60.7 Å². The number of ketones is 1. The highest BCUT2D eigenvalue weighted by atomic mass is 16.1. The molecule has 0 aliphatic rings. The Balaban J connectivity index is 2.32. The number of hydrogen-bond donors (Lipinski definition) is 0. The van der Waals surface area contributed by atoms with Crippen LogP contribution in [0.25, 0.3) is 0 Å². The topological polar surface area (TPSA) is 17.1 Å². The van der Waals surface area contributed by atoms with E-state index in [1.54, 1.807) is 0 Å². The predicted molar refractivity (Wildman–Crippen MR) is 93.1 cm³/mol. The molecule has 0 bridgehead atoms. The van der Waals surface area contributed by atoms with Crippen LogP contribution >= 0.6 is 0 Å². The molecule has 0 aliphatic heterocycles. The minimum Gasteiger partial charge on any atom is -0.299 e. The van der Waals surface area contributed by atoms with E-state index in [0.29, 0.717) is 18.1 Å². The average Bonchev–Trinajstić information content (AvgIpc) is 2.52. The molecule has 116 valence electrons. The molecule has 2 atom stereocenters. The summed E-state index contributed by atoms with van der Waals surface area (Å²) in [6.07, 6.45) is 0.587. The molecular formula is C21H26O. The maximum absolute atomic E-state index is 12.6. The molecule has 0 amide bonds. The van der Waals surface area contributed by atoms with Gasteiger partial charge in [0.1, 0.15) is 5.78 Å². The summed E-state index contributed by atoms with van der Waals surface area (Å²) in [6.45, 7) is 8.24. The normalized spacial score (nSPS) is 14.4. The molecule has 22 heavy (non-hydrogen) atoms. The van der Waals surface area contributed by atoms with Gasteiger partial charge < -0.3 is 0 Å². The lowest BCUT2D eigenvalue weighted by molar-refractivity contribution is -0.126. The van der Waals surface area contributed by atoms with Gasteiger partial charge in [0.05, 0.1) is 0 Å². The zero-order valence-corrected chi connectivity index (χ0v) is 14.0. The van der Waals surface area contributed by atoms with Crippen molar-refractivity contribution in [3.8, 4) is 0 Å². The van der Waals surface area contributed by atoms with Crippen molar-refractivity contribution in [1.29, 1.82) is 0 Å². The maximum atomic E-state index is 12.6. The Morgan fingerprint density at radius 3 is 1.77 bits per heavy atom. The van der Waals surface area contributed by atoms with Gasteiger partial charge in [0.15, 0.2) is 0 Å². The Labute approximate surface area is 134 Å². The molecule has 1 heteroatoms. The molecule has 0 N–H and O–H groups in total. The van der Waals surface area contributed by atoms with Crippen molar-refractivity contribution in [1.82, 2.24) is 0 Å². The second-order valence-electron chi connectivity index (χ2n) is 7.09. The number of rotatable bonds is 5. The third-order valence-electron chi connectivity index (χ3n) is 4.40. The summed E-state index contributed by atoms with van der Waals surface area (Å²) in [5.41, 5.74) is 2.25. The molecule has 0 heterocycles. The lowest BCUT2D eigenvalue weighted by Crippen LogP contribution is -2.24. The van der Waals surface area contributed by atoms with E-state index in [2.05, 4.69) is 55.5 Å². The minimum atomic E-state index is -0.288. The molecule has 0 saturated heterocycles. The van der Waals surface area contributed by atoms with E-state index in [9.17, 15) is 4.79 Å². The van der Waals surface area contributed by atoms with Crippen molar-refractivity contribution < 1.29 is 4.79 Å². The predicted octanol–water partition coefficient (Wildman–Crippen LogP) is 5.58. The summed E-state index contributed by atoms with van der Waals surface area (Å²) in [5, 5.41) is 0. The number of carbonyl (C=O) groups excluding carboxylic acids is 1. The monoisotopic (exact) mass is 294 g/mol. The summed E-state index contributed by atoms with van der Waals surface area (Å²) in [4.78, 5) is 12.6. The standard InChI is InChI=1S/C21H26O/c1-16(17-11-7-5-8-12-17)19(15-20(22)21(2,3)4)18-13-9-6-10-14-18/h5-14,16,19H,15H2,1-4H3/t16-,19-/m1/s1. The number of hydrogen-bond acceptors (Lipinski definition) is 1. The SMILES string of the molecule is C[C@H](c1ccccc1)[C@@H](CC(=O)C(C)(C)C)c1ccccc1. The fourth-order valence-electron chi connectivity index (χ4n) is 2.78. The number of carbonyl (C=O) groups is 1. The summed E-state index contributed by atoms with van der Waals surface area (Å²) in [5.74, 6) is 0.856. The summed E-state index contributed by atoms with van der Waals surface area (Å²) in [6, 6.07) is 20.9. The molecule has 2 rings (SSSR count). The smallest absolute Gasteiger partial charge is 0.138 e. The highest BCUT2D eigenvalue weighted by molar-refractivity contribution is 5.84. The van der Waals surface area contributed by atoms with Crippen LogP contribution in [0, 0.1) is 5.41 Å². The van der Waals surface area contributed by atoms with Crippen LogP contribution in [-0.2, 0) is 4.79 Å². The van der Waals surface area contributed by atoms with Crippen molar-refractivity contribution in [2.24, 2.45) is 5.41 Å². The molecular weight excluding hydrogens is 268 g/mol. The van der Waals surface area contributed by atoms with E-state index in [4.69, 9.17) is 0 Å². The summed E-state index contributed by atoms with van der Waals surface area (Å²) in [7, 11) is 0. The highest BCUT2D eigenvalue weighted by Gasteiger charge is 2.29. The van der Waals surface area contributed by atoms with Crippen LogP contribution in [0.3, 0.4) is 0 Å². The van der Waals surface area contributed by atoms with E-state index in [1.165, 1.54) is 11.1 Å². The van der Waals surface area contributed by atoms with E-state index in [-0.39, 0.29) is 11.3 Å².